The summed E-state index contributed by atoms with van der Waals surface area (Å²) < 4.78 is 0. The van der Waals surface area contributed by atoms with E-state index in [-0.39, 0.29) is 17.4 Å². The van der Waals surface area contributed by atoms with Crippen molar-refractivity contribution >= 4 is 23.2 Å². The highest BCUT2D eigenvalue weighted by molar-refractivity contribution is 6.04. The van der Waals surface area contributed by atoms with Crippen LogP contribution in [0.5, 0.6) is 0 Å². The summed E-state index contributed by atoms with van der Waals surface area (Å²) in [5.41, 5.74) is 1.82. The molecule has 0 aliphatic rings. The van der Waals surface area contributed by atoms with Gasteiger partial charge in [-0.25, -0.2) is 0 Å². The van der Waals surface area contributed by atoms with E-state index in [0.717, 1.165) is 0 Å². The van der Waals surface area contributed by atoms with Crippen molar-refractivity contribution < 1.29 is 9.59 Å². The Morgan fingerprint density at radius 3 is 2.10 bits per heavy atom. The Kier molecular flexibility index (Phi) is 4.18. The van der Waals surface area contributed by atoms with Gasteiger partial charge in [0, 0.05) is 35.6 Å². The van der Waals surface area contributed by atoms with Gasteiger partial charge in [-0.05, 0) is 37.3 Å². The molecule has 1 aromatic heterocycles. The van der Waals surface area contributed by atoms with Crippen LogP contribution >= 0.6 is 0 Å². The number of aromatic amines is 1. The van der Waals surface area contributed by atoms with Crippen molar-refractivity contribution in [2.75, 3.05) is 10.6 Å². The van der Waals surface area contributed by atoms with Crippen molar-refractivity contribution in [2.24, 2.45) is 0 Å². The first-order valence-corrected chi connectivity index (χ1v) is 6.34. The number of anilines is 2. The molecule has 0 spiro atoms. The molecule has 1 heterocycles. The van der Waals surface area contributed by atoms with E-state index in [0.29, 0.717) is 22.6 Å². The van der Waals surface area contributed by atoms with Crippen LogP contribution in [0, 0.1) is 6.92 Å². The number of rotatable bonds is 3. The predicted octanol–water partition coefficient (Wildman–Crippen LogP) is 1.89. The van der Waals surface area contributed by atoms with Crippen LogP contribution in [0.15, 0.2) is 41.2 Å². The Morgan fingerprint density at radius 2 is 1.57 bits per heavy atom. The topological polar surface area (TPSA) is 91.1 Å². The number of carbonyl (C=O) groups excluding carboxylic acids is 2. The van der Waals surface area contributed by atoms with Gasteiger partial charge in [0.1, 0.15) is 0 Å². The molecule has 3 N–H and O–H groups in total. The highest BCUT2D eigenvalue weighted by Gasteiger charge is 2.07. The maximum Gasteiger partial charge on any atom is 0.255 e. The Balaban J connectivity index is 2.12. The third-order valence-corrected chi connectivity index (χ3v) is 2.70. The third kappa shape index (κ3) is 4.04. The van der Waals surface area contributed by atoms with Crippen LogP contribution < -0.4 is 16.2 Å². The zero-order valence-electron chi connectivity index (χ0n) is 11.7. The van der Waals surface area contributed by atoms with Crippen molar-refractivity contribution in [1.82, 2.24) is 4.98 Å². The maximum absolute atomic E-state index is 12.0. The van der Waals surface area contributed by atoms with E-state index in [2.05, 4.69) is 15.6 Å². The first-order chi connectivity index (χ1) is 9.94. The van der Waals surface area contributed by atoms with Crippen molar-refractivity contribution in [3.63, 3.8) is 0 Å². The van der Waals surface area contributed by atoms with E-state index >= 15 is 0 Å². The number of H-pyrrole nitrogens is 1. The molecule has 0 saturated carbocycles. The van der Waals surface area contributed by atoms with Crippen molar-refractivity contribution in [3.05, 3.63) is 58.0 Å². The summed E-state index contributed by atoms with van der Waals surface area (Å²) in [4.78, 5) is 36.9. The van der Waals surface area contributed by atoms with E-state index in [1.54, 1.807) is 37.3 Å². The maximum atomic E-state index is 12.0. The molecule has 2 amide bonds. The molecular formula is C15H15N3O3. The van der Waals surface area contributed by atoms with Gasteiger partial charge in [-0.3, -0.25) is 14.4 Å². The molecule has 1 aromatic carbocycles. The van der Waals surface area contributed by atoms with Gasteiger partial charge < -0.3 is 15.6 Å². The summed E-state index contributed by atoms with van der Waals surface area (Å²) >= 11 is 0. The second kappa shape index (κ2) is 6.04. The second-order valence-corrected chi connectivity index (χ2v) is 4.63. The fourth-order valence-electron chi connectivity index (χ4n) is 1.86. The van der Waals surface area contributed by atoms with E-state index in [4.69, 9.17) is 0 Å². The number of hydrogen-bond donors (Lipinski definition) is 3. The Morgan fingerprint density at radius 1 is 1.00 bits per heavy atom. The van der Waals surface area contributed by atoms with Crippen molar-refractivity contribution in [3.8, 4) is 0 Å². The SMILES string of the molecule is CC(=O)Nc1ccc(NC(=O)c2cc(C)[nH]c(=O)c2)cc1. The van der Waals surface area contributed by atoms with E-state index in [1.807, 2.05) is 0 Å². The van der Waals surface area contributed by atoms with Crippen LogP contribution in [0.4, 0.5) is 11.4 Å². The van der Waals surface area contributed by atoms with Gasteiger partial charge in [0.25, 0.3) is 5.91 Å². The molecule has 2 rings (SSSR count). The van der Waals surface area contributed by atoms with Crippen LogP contribution in [0.2, 0.25) is 0 Å². The molecule has 6 nitrogen and oxygen atoms in total. The Bertz CT molecular complexity index is 733. The van der Waals surface area contributed by atoms with Gasteiger partial charge in [0.05, 0.1) is 0 Å². The minimum atomic E-state index is -0.364. The van der Waals surface area contributed by atoms with Gasteiger partial charge in [0.2, 0.25) is 11.5 Å². The summed E-state index contributed by atoms with van der Waals surface area (Å²) in [6, 6.07) is 9.54. The number of nitrogens with one attached hydrogen (secondary N) is 3. The van der Waals surface area contributed by atoms with E-state index in [1.165, 1.54) is 13.0 Å². The lowest BCUT2D eigenvalue weighted by Crippen LogP contribution is -2.16. The first-order valence-electron chi connectivity index (χ1n) is 6.34. The molecule has 0 bridgehead atoms. The van der Waals surface area contributed by atoms with Gasteiger partial charge in [-0.15, -0.1) is 0 Å². The molecule has 0 unspecified atom stereocenters. The molecular weight excluding hydrogens is 270 g/mol. The molecule has 0 fully saturated rings. The summed E-state index contributed by atoms with van der Waals surface area (Å²) in [7, 11) is 0. The second-order valence-electron chi connectivity index (χ2n) is 4.63. The number of benzene rings is 1. The van der Waals surface area contributed by atoms with Crippen LogP contribution in [0.25, 0.3) is 0 Å². The fourth-order valence-corrected chi connectivity index (χ4v) is 1.86. The number of aromatic nitrogens is 1. The largest absolute Gasteiger partial charge is 0.326 e. The smallest absolute Gasteiger partial charge is 0.255 e. The Labute approximate surface area is 121 Å². The number of pyridine rings is 1. The molecule has 0 aliphatic heterocycles. The van der Waals surface area contributed by atoms with Crippen LogP contribution in [-0.2, 0) is 4.79 Å². The average Bonchev–Trinajstić information content (AvgIpc) is 2.39. The molecule has 108 valence electrons. The number of aryl methyl sites for hydroxylation is 1. The number of carbonyl (C=O) groups is 2. The zero-order chi connectivity index (χ0) is 15.4. The molecule has 0 aliphatic carbocycles. The first kappa shape index (κ1) is 14.5. The molecule has 0 saturated heterocycles. The van der Waals surface area contributed by atoms with Crippen LogP contribution in [0.3, 0.4) is 0 Å². The van der Waals surface area contributed by atoms with E-state index in [9.17, 15) is 14.4 Å². The lowest BCUT2D eigenvalue weighted by molar-refractivity contribution is -0.114. The van der Waals surface area contributed by atoms with E-state index < -0.39 is 0 Å². The minimum absolute atomic E-state index is 0.161. The molecule has 6 heteroatoms. The summed E-state index contributed by atoms with van der Waals surface area (Å²) in [6.07, 6.45) is 0. The van der Waals surface area contributed by atoms with Gasteiger partial charge in [-0.2, -0.15) is 0 Å². The third-order valence-electron chi connectivity index (χ3n) is 2.70. The van der Waals surface area contributed by atoms with Crippen molar-refractivity contribution in [2.45, 2.75) is 13.8 Å². The van der Waals surface area contributed by atoms with Crippen LogP contribution in [-0.4, -0.2) is 16.8 Å². The number of hydrogen-bond acceptors (Lipinski definition) is 3. The molecule has 2 aromatic rings. The quantitative estimate of drug-likeness (QED) is 0.804. The number of amides is 2. The van der Waals surface area contributed by atoms with Gasteiger partial charge in [0.15, 0.2) is 0 Å². The van der Waals surface area contributed by atoms with Gasteiger partial charge >= 0.3 is 0 Å². The summed E-state index contributed by atoms with van der Waals surface area (Å²) in [5.74, 6) is -0.526. The predicted molar refractivity (Wildman–Crippen MR) is 80.5 cm³/mol. The molecule has 0 radical (unpaired) electrons. The minimum Gasteiger partial charge on any atom is -0.326 e. The summed E-state index contributed by atoms with van der Waals surface area (Å²) in [6.45, 7) is 3.13. The highest BCUT2D eigenvalue weighted by atomic mass is 16.2. The monoisotopic (exact) mass is 285 g/mol. The molecule has 0 atom stereocenters. The average molecular weight is 285 g/mol. The fraction of sp³-hybridized carbons (Fsp3) is 0.133. The zero-order valence-corrected chi connectivity index (χ0v) is 11.7. The molecule has 21 heavy (non-hydrogen) atoms. The lowest BCUT2D eigenvalue weighted by Gasteiger charge is -2.07. The Hall–Kier alpha value is -2.89. The standard InChI is InChI=1S/C15H15N3O3/c1-9-7-11(8-14(20)16-9)15(21)18-13-5-3-12(4-6-13)17-10(2)19/h3-8H,1-2H3,(H,16,20)(H,17,19)(H,18,21). The normalized spacial score (nSPS) is 10.0. The summed E-state index contributed by atoms with van der Waals surface area (Å²) in [5, 5.41) is 5.32. The van der Waals surface area contributed by atoms with Gasteiger partial charge in [-0.1, -0.05) is 0 Å². The van der Waals surface area contributed by atoms with Crippen molar-refractivity contribution in [1.29, 1.82) is 0 Å². The highest BCUT2D eigenvalue weighted by Crippen LogP contribution is 2.14. The van der Waals surface area contributed by atoms with Crippen LogP contribution in [0.1, 0.15) is 23.0 Å². The lowest BCUT2D eigenvalue weighted by atomic mass is 10.2.